The van der Waals surface area contributed by atoms with Crippen LogP contribution in [0.5, 0.6) is 0 Å². The number of thiocarbonyl (C=S) groups is 1. The molecule has 2 N–H and O–H groups in total. The van der Waals surface area contributed by atoms with Gasteiger partial charge in [-0.1, -0.05) is 35.5 Å². The third kappa shape index (κ3) is 6.00. The Morgan fingerprint density at radius 3 is 2.62 bits per heavy atom. The fraction of sp³-hybridized carbons (Fsp3) is 0.179. The molecule has 0 unspecified atom stereocenters. The average Bonchev–Trinajstić information content (AvgIpc) is 3.49. The average molecular weight is 533 g/mol. The third-order valence-corrected chi connectivity index (χ3v) is 7.32. The van der Waals surface area contributed by atoms with Gasteiger partial charge in [0.05, 0.1) is 11.7 Å². The minimum atomic E-state index is -0.353. The zero-order chi connectivity index (χ0) is 25.8. The van der Waals surface area contributed by atoms with Crippen LogP contribution in [0, 0.1) is 12.7 Å². The van der Waals surface area contributed by atoms with Crippen molar-refractivity contribution in [1.82, 2.24) is 15.2 Å². The molecule has 5 rings (SSSR count). The standard InChI is InChI=1S/C28H25FN4O2S2/c1-18-5-11-21(12-6-18)37-25-14-13-23(35-25)27-26(22-4-2-3-16-30-22)32-28(36)33(27)17-15-24(34)31-20-9-7-19(29)8-10-20/h2-14,16,26-27H,15,17H2,1H3,(H,31,34)(H,32,36)/t26-,27+/m0/s1. The van der Waals surface area contributed by atoms with Crippen LogP contribution in [0.3, 0.4) is 0 Å². The number of anilines is 1. The van der Waals surface area contributed by atoms with Gasteiger partial charge in [-0.3, -0.25) is 9.78 Å². The Bertz CT molecular complexity index is 1380. The van der Waals surface area contributed by atoms with Gasteiger partial charge in [0.2, 0.25) is 5.91 Å². The molecular formula is C28H25FN4O2S2. The van der Waals surface area contributed by atoms with Crippen LogP contribution in [0.25, 0.3) is 0 Å². The summed E-state index contributed by atoms with van der Waals surface area (Å²) in [5.41, 5.74) is 2.57. The molecule has 0 aliphatic carbocycles. The monoisotopic (exact) mass is 532 g/mol. The molecule has 0 bridgehead atoms. The maximum Gasteiger partial charge on any atom is 0.226 e. The van der Waals surface area contributed by atoms with Gasteiger partial charge in [-0.15, -0.1) is 0 Å². The van der Waals surface area contributed by atoms with Crippen LogP contribution in [0.1, 0.15) is 35.5 Å². The Morgan fingerprint density at radius 1 is 1.11 bits per heavy atom. The van der Waals surface area contributed by atoms with Crippen molar-refractivity contribution in [2.24, 2.45) is 0 Å². The molecule has 1 amide bonds. The number of nitrogens with zero attached hydrogens (tertiary/aromatic N) is 2. The molecule has 0 saturated carbocycles. The van der Waals surface area contributed by atoms with E-state index in [1.807, 2.05) is 35.2 Å². The molecule has 1 aliphatic rings. The maximum atomic E-state index is 13.2. The lowest BCUT2D eigenvalue weighted by atomic mass is 10.0. The predicted molar refractivity (Wildman–Crippen MR) is 146 cm³/mol. The van der Waals surface area contributed by atoms with Crippen LogP contribution in [-0.4, -0.2) is 27.4 Å². The lowest BCUT2D eigenvalue weighted by Crippen LogP contribution is -2.32. The zero-order valence-electron chi connectivity index (χ0n) is 20.1. The lowest BCUT2D eigenvalue weighted by molar-refractivity contribution is -0.116. The van der Waals surface area contributed by atoms with Gasteiger partial charge in [-0.2, -0.15) is 0 Å². The molecule has 9 heteroatoms. The summed E-state index contributed by atoms with van der Waals surface area (Å²) in [7, 11) is 0. The van der Waals surface area contributed by atoms with Crippen molar-refractivity contribution in [3.63, 3.8) is 0 Å². The normalized spacial score (nSPS) is 17.0. The molecular weight excluding hydrogens is 507 g/mol. The summed E-state index contributed by atoms with van der Waals surface area (Å²) in [6.45, 7) is 2.43. The second kappa shape index (κ2) is 11.1. The summed E-state index contributed by atoms with van der Waals surface area (Å²) in [5.74, 6) is 0.189. The van der Waals surface area contributed by atoms with Crippen molar-refractivity contribution >= 4 is 40.7 Å². The highest BCUT2D eigenvalue weighted by molar-refractivity contribution is 7.99. The second-order valence-corrected chi connectivity index (χ2v) is 10.2. The zero-order valence-corrected chi connectivity index (χ0v) is 21.7. The van der Waals surface area contributed by atoms with E-state index in [0.29, 0.717) is 17.3 Å². The van der Waals surface area contributed by atoms with Crippen molar-refractivity contribution in [2.75, 3.05) is 11.9 Å². The Labute approximate surface area is 224 Å². The van der Waals surface area contributed by atoms with Gasteiger partial charge in [0.25, 0.3) is 0 Å². The highest BCUT2D eigenvalue weighted by Crippen LogP contribution is 2.41. The minimum Gasteiger partial charge on any atom is -0.452 e. The lowest BCUT2D eigenvalue weighted by Gasteiger charge is -2.25. The van der Waals surface area contributed by atoms with Gasteiger partial charge < -0.3 is 20.0 Å². The number of furan rings is 1. The van der Waals surface area contributed by atoms with Crippen LogP contribution >= 0.6 is 24.0 Å². The number of benzene rings is 2. The summed E-state index contributed by atoms with van der Waals surface area (Å²) >= 11 is 7.23. The summed E-state index contributed by atoms with van der Waals surface area (Å²) < 4.78 is 19.5. The van der Waals surface area contributed by atoms with Crippen LogP contribution in [0.15, 0.2) is 99.5 Å². The molecule has 188 valence electrons. The summed E-state index contributed by atoms with van der Waals surface area (Å²) in [5, 5.41) is 7.47. The number of aromatic nitrogens is 1. The van der Waals surface area contributed by atoms with Gasteiger partial charge in [0.15, 0.2) is 10.2 Å². The molecule has 37 heavy (non-hydrogen) atoms. The van der Waals surface area contributed by atoms with Crippen molar-refractivity contribution in [3.8, 4) is 0 Å². The first-order valence-electron chi connectivity index (χ1n) is 11.8. The molecule has 3 heterocycles. The van der Waals surface area contributed by atoms with Crippen molar-refractivity contribution in [2.45, 2.75) is 35.4 Å². The second-order valence-electron chi connectivity index (χ2n) is 8.70. The van der Waals surface area contributed by atoms with Gasteiger partial charge >= 0.3 is 0 Å². The largest absolute Gasteiger partial charge is 0.452 e. The fourth-order valence-electron chi connectivity index (χ4n) is 4.20. The van der Waals surface area contributed by atoms with Crippen LogP contribution in [0.2, 0.25) is 0 Å². The molecule has 0 radical (unpaired) electrons. The van der Waals surface area contributed by atoms with E-state index in [9.17, 15) is 9.18 Å². The molecule has 1 aliphatic heterocycles. The Balaban J connectivity index is 1.35. The predicted octanol–water partition coefficient (Wildman–Crippen LogP) is 6.27. The topological polar surface area (TPSA) is 70.4 Å². The highest BCUT2D eigenvalue weighted by atomic mass is 32.2. The first-order chi connectivity index (χ1) is 18.0. The van der Waals surface area contributed by atoms with Gasteiger partial charge in [0, 0.05) is 29.7 Å². The van der Waals surface area contributed by atoms with Crippen LogP contribution < -0.4 is 10.6 Å². The van der Waals surface area contributed by atoms with Crippen molar-refractivity contribution < 1.29 is 13.6 Å². The molecule has 6 nitrogen and oxygen atoms in total. The van der Waals surface area contributed by atoms with E-state index in [0.717, 1.165) is 21.4 Å². The highest BCUT2D eigenvalue weighted by Gasteiger charge is 2.41. The Hall–Kier alpha value is -3.69. The number of carbonyl (C=O) groups is 1. The number of hydrogen-bond donors (Lipinski definition) is 2. The molecule has 1 fully saturated rings. The number of carbonyl (C=O) groups excluding carboxylic acids is 1. The first-order valence-corrected chi connectivity index (χ1v) is 13.1. The number of pyridine rings is 1. The van der Waals surface area contributed by atoms with E-state index in [2.05, 4.69) is 46.8 Å². The van der Waals surface area contributed by atoms with Gasteiger partial charge in [0.1, 0.15) is 17.6 Å². The minimum absolute atomic E-state index is 0.190. The van der Waals surface area contributed by atoms with E-state index >= 15 is 0 Å². The number of aryl methyl sites for hydroxylation is 1. The van der Waals surface area contributed by atoms with E-state index in [-0.39, 0.29) is 30.2 Å². The molecule has 2 atom stereocenters. The van der Waals surface area contributed by atoms with Gasteiger partial charge in [-0.25, -0.2) is 4.39 Å². The molecule has 1 saturated heterocycles. The molecule has 4 aromatic rings. The fourth-order valence-corrected chi connectivity index (χ4v) is 5.31. The van der Waals surface area contributed by atoms with E-state index in [1.54, 1.807) is 18.0 Å². The van der Waals surface area contributed by atoms with Gasteiger partial charge in [-0.05, 0) is 79.8 Å². The Kier molecular flexibility index (Phi) is 7.52. The maximum absolute atomic E-state index is 13.2. The Morgan fingerprint density at radius 2 is 1.89 bits per heavy atom. The van der Waals surface area contributed by atoms with Crippen LogP contribution in [0.4, 0.5) is 10.1 Å². The molecule has 2 aromatic carbocycles. The van der Waals surface area contributed by atoms with Crippen LogP contribution in [-0.2, 0) is 4.79 Å². The number of halogens is 1. The number of nitrogens with one attached hydrogen (secondary N) is 2. The third-order valence-electron chi connectivity index (χ3n) is 6.04. The molecule has 2 aromatic heterocycles. The smallest absolute Gasteiger partial charge is 0.226 e. The van der Waals surface area contributed by atoms with Crippen molar-refractivity contribution in [3.05, 3.63) is 108 Å². The van der Waals surface area contributed by atoms with E-state index < -0.39 is 0 Å². The number of amides is 1. The number of rotatable bonds is 8. The SMILES string of the molecule is Cc1ccc(Sc2ccc([C@@H]3[C@H](c4ccccn4)NC(=S)N3CCC(=O)Nc3ccc(F)cc3)o2)cc1. The first kappa shape index (κ1) is 25.0. The summed E-state index contributed by atoms with van der Waals surface area (Å²) in [6, 6.07) is 23.1. The number of hydrogen-bond acceptors (Lipinski definition) is 5. The summed E-state index contributed by atoms with van der Waals surface area (Å²) in [6.07, 6.45) is 1.94. The van der Waals surface area contributed by atoms with E-state index in [4.69, 9.17) is 16.6 Å². The summed E-state index contributed by atoms with van der Waals surface area (Å²) in [4.78, 5) is 20.2. The van der Waals surface area contributed by atoms with E-state index in [1.165, 1.54) is 29.8 Å². The van der Waals surface area contributed by atoms with Crippen molar-refractivity contribution in [1.29, 1.82) is 0 Å². The molecule has 0 spiro atoms. The quantitative estimate of drug-likeness (QED) is 0.259.